The molecule has 25 heavy (non-hydrogen) atoms. The first-order valence-corrected chi connectivity index (χ1v) is 9.18. The number of carbonyl (C=O) groups excluding carboxylic acids is 1. The van der Waals surface area contributed by atoms with Crippen molar-refractivity contribution in [1.82, 2.24) is 9.88 Å². The summed E-state index contributed by atoms with van der Waals surface area (Å²) in [6.45, 7) is 5.87. The van der Waals surface area contributed by atoms with E-state index in [1.807, 2.05) is 4.90 Å². The highest BCUT2D eigenvalue weighted by molar-refractivity contribution is 6.29. The third-order valence-corrected chi connectivity index (χ3v) is 4.84. The van der Waals surface area contributed by atoms with Gasteiger partial charge in [-0.05, 0) is 48.6 Å². The van der Waals surface area contributed by atoms with Crippen LogP contribution in [-0.2, 0) is 0 Å². The standard InChI is InChI=1S/C20H24ClN3O/c1-14(2)15-5-7-17(8-6-15)23-18-4-3-11-24(13-18)20(25)16-9-10-22-19(21)12-16/h5-10,12,14,18,23H,3-4,11,13H2,1-2H3/t18-/m1/s1. The summed E-state index contributed by atoms with van der Waals surface area (Å²) in [5.41, 5.74) is 3.04. The van der Waals surface area contributed by atoms with Crippen molar-refractivity contribution in [3.63, 3.8) is 0 Å². The van der Waals surface area contributed by atoms with Gasteiger partial charge in [-0.3, -0.25) is 4.79 Å². The highest BCUT2D eigenvalue weighted by Gasteiger charge is 2.24. The molecule has 132 valence electrons. The Hall–Kier alpha value is -2.07. The average Bonchev–Trinajstić information content (AvgIpc) is 2.62. The molecule has 3 rings (SSSR count). The van der Waals surface area contributed by atoms with Gasteiger partial charge < -0.3 is 10.2 Å². The number of hydrogen-bond acceptors (Lipinski definition) is 3. The largest absolute Gasteiger partial charge is 0.381 e. The van der Waals surface area contributed by atoms with Gasteiger partial charge >= 0.3 is 0 Å². The van der Waals surface area contributed by atoms with E-state index in [4.69, 9.17) is 11.6 Å². The van der Waals surface area contributed by atoms with Crippen LogP contribution in [0.25, 0.3) is 0 Å². The Morgan fingerprint density at radius 3 is 2.72 bits per heavy atom. The molecular formula is C20H24ClN3O. The summed E-state index contributed by atoms with van der Waals surface area (Å²) in [6.07, 6.45) is 3.63. The van der Waals surface area contributed by atoms with Gasteiger partial charge in [0.05, 0.1) is 0 Å². The predicted octanol–water partition coefficient (Wildman–Crippen LogP) is 4.58. The van der Waals surface area contributed by atoms with Gasteiger partial charge in [0.2, 0.25) is 0 Å². The number of likely N-dealkylation sites (tertiary alicyclic amines) is 1. The molecular weight excluding hydrogens is 334 g/mol. The van der Waals surface area contributed by atoms with Crippen molar-refractivity contribution in [1.29, 1.82) is 0 Å². The summed E-state index contributed by atoms with van der Waals surface area (Å²) in [5, 5.41) is 3.91. The molecule has 1 amide bonds. The molecule has 1 atom stereocenters. The van der Waals surface area contributed by atoms with Crippen LogP contribution >= 0.6 is 11.6 Å². The SMILES string of the molecule is CC(C)c1ccc(N[C@@H]2CCCN(C(=O)c3ccnc(Cl)c3)C2)cc1. The fourth-order valence-corrected chi connectivity index (χ4v) is 3.37. The maximum absolute atomic E-state index is 12.7. The number of carbonyl (C=O) groups is 1. The van der Waals surface area contributed by atoms with E-state index in [0.717, 1.165) is 25.1 Å². The number of nitrogens with zero attached hydrogens (tertiary/aromatic N) is 2. The summed E-state index contributed by atoms with van der Waals surface area (Å²) in [6, 6.07) is 12.2. The number of piperidine rings is 1. The summed E-state index contributed by atoms with van der Waals surface area (Å²) in [4.78, 5) is 18.5. The molecule has 1 saturated heterocycles. The van der Waals surface area contributed by atoms with Gasteiger partial charge in [0.25, 0.3) is 5.91 Å². The summed E-state index contributed by atoms with van der Waals surface area (Å²) >= 11 is 5.90. The molecule has 0 bridgehead atoms. The molecule has 1 aliphatic rings. The number of halogens is 1. The Morgan fingerprint density at radius 1 is 1.28 bits per heavy atom. The van der Waals surface area contributed by atoms with Crippen molar-refractivity contribution in [3.8, 4) is 0 Å². The van der Waals surface area contributed by atoms with E-state index in [1.165, 1.54) is 5.56 Å². The number of pyridine rings is 1. The molecule has 5 heteroatoms. The number of hydrogen-bond donors (Lipinski definition) is 1. The van der Waals surface area contributed by atoms with E-state index in [-0.39, 0.29) is 11.9 Å². The van der Waals surface area contributed by atoms with Crippen molar-refractivity contribution in [3.05, 3.63) is 58.9 Å². The Labute approximate surface area is 154 Å². The van der Waals surface area contributed by atoms with Gasteiger partial charge in [-0.25, -0.2) is 4.98 Å². The van der Waals surface area contributed by atoms with Crippen LogP contribution in [0.2, 0.25) is 5.15 Å². The lowest BCUT2D eigenvalue weighted by Crippen LogP contribution is -2.45. The topological polar surface area (TPSA) is 45.2 Å². The van der Waals surface area contributed by atoms with E-state index in [2.05, 4.69) is 48.4 Å². The summed E-state index contributed by atoms with van der Waals surface area (Å²) < 4.78 is 0. The maximum atomic E-state index is 12.7. The van der Waals surface area contributed by atoms with Gasteiger partial charge in [0.1, 0.15) is 5.15 Å². The van der Waals surface area contributed by atoms with Crippen LogP contribution in [0.15, 0.2) is 42.6 Å². The molecule has 1 aliphatic heterocycles. The monoisotopic (exact) mass is 357 g/mol. The number of anilines is 1. The first-order valence-electron chi connectivity index (χ1n) is 8.80. The van der Waals surface area contributed by atoms with Crippen molar-refractivity contribution >= 4 is 23.2 Å². The van der Waals surface area contributed by atoms with Crippen LogP contribution in [0.3, 0.4) is 0 Å². The fourth-order valence-electron chi connectivity index (χ4n) is 3.20. The molecule has 0 spiro atoms. The number of amides is 1. The van der Waals surface area contributed by atoms with E-state index < -0.39 is 0 Å². The molecule has 1 aromatic carbocycles. The molecule has 0 unspecified atom stereocenters. The number of benzene rings is 1. The van der Waals surface area contributed by atoms with Crippen molar-refractivity contribution < 1.29 is 4.79 Å². The molecule has 0 radical (unpaired) electrons. The first kappa shape index (κ1) is 17.7. The van der Waals surface area contributed by atoms with Gasteiger partial charge in [-0.1, -0.05) is 37.6 Å². The normalized spacial score (nSPS) is 17.6. The van der Waals surface area contributed by atoms with E-state index >= 15 is 0 Å². The smallest absolute Gasteiger partial charge is 0.254 e. The molecule has 1 aromatic heterocycles. The van der Waals surface area contributed by atoms with Crippen LogP contribution in [0.1, 0.15) is 48.5 Å². The highest BCUT2D eigenvalue weighted by atomic mass is 35.5. The van der Waals surface area contributed by atoms with Crippen LogP contribution < -0.4 is 5.32 Å². The zero-order valence-corrected chi connectivity index (χ0v) is 15.5. The Morgan fingerprint density at radius 2 is 2.04 bits per heavy atom. The minimum Gasteiger partial charge on any atom is -0.381 e. The minimum absolute atomic E-state index is 0.0194. The lowest BCUT2D eigenvalue weighted by Gasteiger charge is -2.34. The lowest BCUT2D eigenvalue weighted by atomic mass is 10.0. The number of aromatic nitrogens is 1. The zero-order chi connectivity index (χ0) is 17.8. The predicted molar refractivity (Wildman–Crippen MR) is 102 cm³/mol. The Balaban J connectivity index is 1.63. The second-order valence-electron chi connectivity index (χ2n) is 6.88. The molecule has 2 aromatic rings. The van der Waals surface area contributed by atoms with Crippen LogP contribution in [0, 0.1) is 0 Å². The molecule has 0 aliphatic carbocycles. The quantitative estimate of drug-likeness (QED) is 0.815. The average molecular weight is 358 g/mol. The Kier molecular flexibility index (Phi) is 5.59. The molecule has 2 heterocycles. The molecule has 1 fully saturated rings. The second-order valence-corrected chi connectivity index (χ2v) is 7.27. The van der Waals surface area contributed by atoms with Crippen LogP contribution in [-0.4, -0.2) is 34.9 Å². The third-order valence-electron chi connectivity index (χ3n) is 4.63. The molecule has 1 N–H and O–H groups in total. The number of nitrogens with one attached hydrogen (secondary N) is 1. The van der Waals surface area contributed by atoms with E-state index in [9.17, 15) is 4.79 Å². The lowest BCUT2D eigenvalue weighted by molar-refractivity contribution is 0.0714. The Bertz CT molecular complexity index is 730. The minimum atomic E-state index is 0.0194. The first-order chi connectivity index (χ1) is 12.0. The second kappa shape index (κ2) is 7.87. The van der Waals surface area contributed by atoms with E-state index in [0.29, 0.717) is 23.2 Å². The highest BCUT2D eigenvalue weighted by Crippen LogP contribution is 2.21. The van der Waals surface area contributed by atoms with Gasteiger partial charge in [-0.2, -0.15) is 0 Å². The third kappa shape index (κ3) is 4.51. The summed E-state index contributed by atoms with van der Waals surface area (Å²) in [5.74, 6) is 0.551. The number of rotatable bonds is 4. The fraction of sp³-hybridized carbons (Fsp3) is 0.400. The molecule has 4 nitrogen and oxygen atoms in total. The van der Waals surface area contributed by atoms with Gasteiger partial charge in [0, 0.05) is 36.6 Å². The molecule has 0 saturated carbocycles. The summed E-state index contributed by atoms with van der Waals surface area (Å²) in [7, 11) is 0. The van der Waals surface area contributed by atoms with Crippen molar-refractivity contribution in [2.24, 2.45) is 0 Å². The van der Waals surface area contributed by atoms with E-state index in [1.54, 1.807) is 18.3 Å². The van der Waals surface area contributed by atoms with Crippen molar-refractivity contribution in [2.45, 2.75) is 38.6 Å². The van der Waals surface area contributed by atoms with Gasteiger partial charge in [-0.15, -0.1) is 0 Å². The van der Waals surface area contributed by atoms with Crippen molar-refractivity contribution in [2.75, 3.05) is 18.4 Å². The van der Waals surface area contributed by atoms with Crippen LogP contribution in [0.5, 0.6) is 0 Å². The maximum Gasteiger partial charge on any atom is 0.254 e. The van der Waals surface area contributed by atoms with Gasteiger partial charge in [0.15, 0.2) is 0 Å². The van der Waals surface area contributed by atoms with Crippen LogP contribution in [0.4, 0.5) is 5.69 Å². The zero-order valence-electron chi connectivity index (χ0n) is 14.7.